The molecule has 15 heavy (non-hydrogen) atoms. The summed E-state index contributed by atoms with van der Waals surface area (Å²) in [4.78, 5) is 0. The van der Waals surface area contributed by atoms with Gasteiger partial charge < -0.3 is 5.11 Å². The quantitative estimate of drug-likeness (QED) is 0.750. The third-order valence-corrected chi connectivity index (χ3v) is 3.48. The van der Waals surface area contributed by atoms with E-state index in [9.17, 15) is 9.50 Å². The molecule has 0 amide bonds. The topological polar surface area (TPSA) is 20.2 Å². The summed E-state index contributed by atoms with van der Waals surface area (Å²) in [6.07, 6.45) is -0.843. The number of rotatable bonds is 1. The number of benzene rings is 1. The minimum Gasteiger partial charge on any atom is -0.388 e. The number of hydrogen-bond donors (Lipinski definition) is 1. The first-order valence-corrected chi connectivity index (χ1v) is 6.15. The highest BCUT2D eigenvalue weighted by atomic mass is 79.9. The van der Waals surface area contributed by atoms with Crippen LogP contribution in [0, 0.1) is 11.2 Å². The Morgan fingerprint density at radius 1 is 1.20 bits per heavy atom. The number of hydrogen-bond acceptors (Lipinski definition) is 1. The maximum atomic E-state index is 13.8. The molecule has 1 rings (SSSR count). The van der Waals surface area contributed by atoms with E-state index in [1.807, 2.05) is 20.8 Å². The van der Waals surface area contributed by atoms with Crippen molar-refractivity contribution in [2.75, 3.05) is 0 Å². The Hall–Kier alpha value is 0.0700. The van der Waals surface area contributed by atoms with Gasteiger partial charge in [-0.1, -0.05) is 36.7 Å². The van der Waals surface area contributed by atoms with Gasteiger partial charge >= 0.3 is 0 Å². The monoisotopic (exact) mass is 338 g/mol. The highest BCUT2D eigenvalue weighted by Gasteiger charge is 2.29. The van der Waals surface area contributed by atoms with Crippen molar-refractivity contribution >= 4 is 31.9 Å². The van der Waals surface area contributed by atoms with E-state index in [0.29, 0.717) is 14.5 Å². The van der Waals surface area contributed by atoms with Crippen molar-refractivity contribution < 1.29 is 9.50 Å². The minimum absolute atomic E-state index is 0.303. The van der Waals surface area contributed by atoms with Crippen molar-refractivity contribution in [3.63, 3.8) is 0 Å². The zero-order chi connectivity index (χ0) is 11.8. The highest BCUT2D eigenvalue weighted by molar-refractivity contribution is 9.11. The Bertz CT molecular complexity index is 372. The molecule has 0 aliphatic carbocycles. The maximum absolute atomic E-state index is 13.8. The largest absolute Gasteiger partial charge is 0.388 e. The van der Waals surface area contributed by atoms with E-state index in [-0.39, 0.29) is 0 Å². The normalized spacial score (nSPS) is 14.1. The van der Waals surface area contributed by atoms with Gasteiger partial charge in [0.25, 0.3) is 0 Å². The zero-order valence-electron chi connectivity index (χ0n) is 8.81. The molecular weight excluding hydrogens is 327 g/mol. The Balaban J connectivity index is 3.31. The van der Waals surface area contributed by atoms with Crippen LogP contribution >= 0.6 is 31.9 Å². The van der Waals surface area contributed by atoms with Crippen LogP contribution in [-0.2, 0) is 0 Å². The molecule has 0 radical (unpaired) electrons. The molecule has 4 heteroatoms. The summed E-state index contributed by atoms with van der Waals surface area (Å²) in [5.74, 6) is -0.410. The molecule has 84 valence electrons. The fourth-order valence-electron chi connectivity index (χ4n) is 1.23. The van der Waals surface area contributed by atoms with Crippen LogP contribution in [0.3, 0.4) is 0 Å². The SMILES string of the molecule is CC(C)(C)C(O)c1c(Br)ccc(Br)c1F. The molecule has 1 N–H and O–H groups in total. The lowest BCUT2D eigenvalue weighted by molar-refractivity contribution is 0.0587. The highest BCUT2D eigenvalue weighted by Crippen LogP contribution is 2.39. The maximum Gasteiger partial charge on any atom is 0.144 e. The van der Waals surface area contributed by atoms with E-state index >= 15 is 0 Å². The summed E-state index contributed by atoms with van der Waals surface area (Å²) in [5, 5.41) is 10.1. The van der Waals surface area contributed by atoms with Gasteiger partial charge in [0.05, 0.1) is 10.6 Å². The molecule has 1 unspecified atom stereocenters. The summed E-state index contributed by atoms with van der Waals surface area (Å²) >= 11 is 6.36. The van der Waals surface area contributed by atoms with Gasteiger partial charge in [0.1, 0.15) is 5.82 Å². The molecule has 1 aromatic rings. The minimum atomic E-state index is -0.843. The van der Waals surface area contributed by atoms with Gasteiger partial charge in [0.2, 0.25) is 0 Å². The van der Waals surface area contributed by atoms with Gasteiger partial charge in [0, 0.05) is 10.0 Å². The molecule has 1 nitrogen and oxygen atoms in total. The standard InChI is InChI=1S/C11H13Br2FO/c1-11(2,3)10(15)8-6(12)4-5-7(13)9(8)14/h4-5,10,15H,1-3H3. The molecule has 1 atom stereocenters. The van der Waals surface area contributed by atoms with Crippen molar-refractivity contribution in [2.24, 2.45) is 5.41 Å². The van der Waals surface area contributed by atoms with E-state index in [2.05, 4.69) is 31.9 Å². The predicted molar refractivity (Wildman–Crippen MR) is 66.2 cm³/mol. The number of aliphatic hydroxyl groups excluding tert-OH is 1. The molecule has 0 saturated carbocycles. The van der Waals surface area contributed by atoms with Crippen molar-refractivity contribution in [3.05, 3.63) is 32.5 Å². The van der Waals surface area contributed by atoms with Crippen LogP contribution < -0.4 is 0 Å². The van der Waals surface area contributed by atoms with Crippen molar-refractivity contribution in [1.82, 2.24) is 0 Å². The van der Waals surface area contributed by atoms with Gasteiger partial charge in [0.15, 0.2) is 0 Å². The summed E-state index contributed by atoms with van der Waals surface area (Å²) in [6.45, 7) is 5.60. The van der Waals surface area contributed by atoms with E-state index < -0.39 is 17.3 Å². The molecule has 0 spiro atoms. The predicted octanol–water partition coefficient (Wildman–Crippen LogP) is 4.43. The van der Waals surface area contributed by atoms with Crippen LogP contribution in [0.15, 0.2) is 21.1 Å². The second-order valence-corrected chi connectivity index (χ2v) is 6.23. The lowest BCUT2D eigenvalue weighted by atomic mass is 9.84. The smallest absolute Gasteiger partial charge is 0.144 e. The summed E-state index contributed by atoms with van der Waals surface area (Å²) < 4.78 is 14.8. The van der Waals surface area contributed by atoms with E-state index in [1.54, 1.807) is 12.1 Å². The molecule has 0 bridgehead atoms. The van der Waals surface area contributed by atoms with Gasteiger partial charge in [-0.3, -0.25) is 0 Å². The average Bonchev–Trinajstić information content (AvgIpc) is 2.10. The first kappa shape index (κ1) is 13.1. The molecule has 1 aromatic carbocycles. The van der Waals surface area contributed by atoms with Gasteiger partial charge in [-0.05, 0) is 33.5 Å². The zero-order valence-corrected chi connectivity index (χ0v) is 12.0. The lowest BCUT2D eigenvalue weighted by Crippen LogP contribution is -2.19. The van der Waals surface area contributed by atoms with Crippen LogP contribution in [-0.4, -0.2) is 5.11 Å². The van der Waals surface area contributed by atoms with Crippen LogP contribution in [0.1, 0.15) is 32.4 Å². The Labute approximate surface area is 106 Å². The summed E-state index contributed by atoms with van der Waals surface area (Å²) in [7, 11) is 0. The Morgan fingerprint density at radius 2 is 1.67 bits per heavy atom. The third-order valence-electron chi connectivity index (χ3n) is 2.17. The Kier molecular flexibility index (Phi) is 3.95. The van der Waals surface area contributed by atoms with E-state index in [4.69, 9.17) is 0 Å². The first-order chi connectivity index (χ1) is 6.75. The summed E-state index contributed by atoms with van der Waals surface area (Å²) in [6, 6.07) is 3.33. The van der Waals surface area contributed by atoms with E-state index in [1.165, 1.54) is 0 Å². The van der Waals surface area contributed by atoms with Crippen LogP contribution in [0.4, 0.5) is 4.39 Å². The molecule has 0 heterocycles. The number of aliphatic hydroxyl groups is 1. The first-order valence-electron chi connectivity index (χ1n) is 4.56. The van der Waals surface area contributed by atoms with Gasteiger partial charge in [-0.25, -0.2) is 4.39 Å². The molecule has 0 aromatic heterocycles. The third kappa shape index (κ3) is 2.80. The van der Waals surface area contributed by atoms with Crippen LogP contribution in [0.25, 0.3) is 0 Å². The fourth-order valence-corrected chi connectivity index (χ4v) is 2.10. The van der Waals surface area contributed by atoms with Crippen molar-refractivity contribution in [3.8, 4) is 0 Å². The summed E-state index contributed by atoms with van der Waals surface area (Å²) in [5.41, 5.74) is -0.0960. The molecular formula is C11H13Br2FO. The molecule has 0 saturated heterocycles. The van der Waals surface area contributed by atoms with Gasteiger partial charge in [-0.2, -0.15) is 0 Å². The van der Waals surface area contributed by atoms with E-state index in [0.717, 1.165) is 0 Å². The molecule has 0 fully saturated rings. The number of halogens is 3. The molecule has 0 aliphatic heterocycles. The van der Waals surface area contributed by atoms with Crippen molar-refractivity contribution in [2.45, 2.75) is 26.9 Å². The lowest BCUT2D eigenvalue weighted by Gasteiger charge is -2.27. The molecule has 0 aliphatic rings. The average molecular weight is 340 g/mol. The Morgan fingerprint density at radius 3 is 2.13 bits per heavy atom. The van der Waals surface area contributed by atoms with Crippen LogP contribution in [0.2, 0.25) is 0 Å². The fraction of sp³-hybridized carbons (Fsp3) is 0.455. The van der Waals surface area contributed by atoms with Crippen LogP contribution in [0.5, 0.6) is 0 Å². The second kappa shape index (κ2) is 4.52. The van der Waals surface area contributed by atoms with Gasteiger partial charge in [-0.15, -0.1) is 0 Å². The second-order valence-electron chi connectivity index (χ2n) is 4.53. The van der Waals surface area contributed by atoms with Crippen molar-refractivity contribution in [1.29, 1.82) is 0 Å².